The van der Waals surface area contributed by atoms with E-state index in [9.17, 15) is 26.4 Å². The summed E-state index contributed by atoms with van der Waals surface area (Å²) in [6.45, 7) is -0.396. The van der Waals surface area contributed by atoms with Crippen molar-refractivity contribution >= 4 is 15.7 Å². The van der Waals surface area contributed by atoms with Crippen molar-refractivity contribution < 1.29 is 26.4 Å². The molecule has 2 rings (SSSR count). The fourth-order valence-corrected chi connectivity index (χ4v) is 4.57. The van der Waals surface area contributed by atoms with E-state index >= 15 is 0 Å². The van der Waals surface area contributed by atoms with Crippen LogP contribution in [0.15, 0.2) is 0 Å². The van der Waals surface area contributed by atoms with Gasteiger partial charge in [0, 0.05) is 26.1 Å². The second-order valence-electron chi connectivity index (χ2n) is 5.38. The number of amides is 1. The average Bonchev–Trinajstić information content (AvgIpc) is 2.51. The number of carbonyl (C=O) groups is 1. The topological polar surface area (TPSA) is 66.5 Å². The molecule has 2 heterocycles. The van der Waals surface area contributed by atoms with Crippen LogP contribution in [0, 0.1) is 5.92 Å². The maximum Gasteiger partial charge on any atom is 0.405 e. The maximum absolute atomic E-state index is 13.0. The standard InChI is InChI=1S/C11H17F3N2O3S/c12-11(13,14)9-5-15-10(17)1-3-16(9)6-8-2-4-20(18,19)7-8/h8-9H,1-7H2,(H,15,17). The molecule has 2 atom stereocenters. The molecule has 0 radical (unpaired) electrons. The summed E-state index contributed by atoms with van der Waals surface area (Å²) in [5.74, 6) is -0.701. The Hall–Kier alpha value is -0.830. The first kappa shape index (κ1) is 15.6. The Bertz CT molecular complexity index is 478. The van der Waals surface area contributed by atoms with Crippen LogP contribution >= 0.6 is 0 Å². The number of nitrogens with zero attached hydrogens (tertiary/aromatic N) is 1. The summed E-state index contributed by atoms with van der Waals surface area (Å²) in [7, 11) is -3.11. The van der Waals surface area contributed by atoms with Gasteiger partial charge in [0.1, 0.15) is 6.04 Å². The summed E-state index contributed by atoms with van der Waals surface area (Å²) in [6, 6.07) is -1.74. The van der Waals surface area contributed by atoms with Gasteiger partial charge < -0.3 is 5.32 Å². The summed E-state index contributed by atoms with van der Waals surface area (Å²) in [4.78, 5) is 12.4. The molecule has 2 unspecified atom stereocenters. The molecule has 2 aliphatic rings. The molecule has 0 aliphatic carbocycles. The molecule has 5 nitrogen and oxygen atoms in total. The van der Waals surface area contributed by atoms with E-state index in [0.29, 0.717) is 6.42 Å². The Morgan fingerprint density at radius 2 is 2.05 bits per heavy atom. The van der Waals surface area contributed by atoms with Crippen LogP contribution in [0.3, 0.4) is 0 Å². The first-order chi connectivity index (χ1) is 9.17. The minimum atomic E-state index is -4.44. The van der Waals surface area contributed by atoms with Crippen LogP contribution in [-0.2, 0) is 14.6 Å². The van der Waals surface area contributed by atoms with Crippen LogP contribution in [0.4, 0.5) is 13.2 Å². The number of halogens is 3. The van der Waals surface area contributed by atoms with Gasteiger partial charge in [-0.25, -0.2) is 8.42 Å². The van der Waals surface area contributed by atoms with Gasteiger partial charge in [-0.15, -0.1) is 0 Å². The average molecular weight is 314 g/mol. The molecule has 9 heteroatoms. The van der Waals surface area contributed by atoms with Crippen LogP contribution in [0.5, 0.6) is 0 Å². The number of rotatable bonds is 2. The van der Waals surface area contributed by atoms with Gasteiger partial charge in [0.15, 0.2) is 9.84 Å². The smallest absolute Gasteiger partial charge is 0.354 e. The fraction of sp³-hybridized carbons (Fsp3) is 0.909. The van der Waals surface area contributed by atoms with Crippen molar-refractivity contribution in [3.8, 4) is 0 Å². The van der Waals surface area contributed by atoms with E-state index in [4.69, 9.17) is 0 Å². The summed E-state index contributed by atoms with van der Waals surface area (Å²) in [5.41, 5.74) is 0. The summed E-state index contributed by atoms with van der Waals surface area (Å²) in [6.07, 6.45) is -4.04. The molecular formula is C11H17F3N2O3S. The molecule has 0 saturated carbocycles. The second kappa shape index (κ2) is 5.51. The molecule has 2 saturated heterocycles. The highest BCUT2D eigenvalue weighted by molar-refractivity contribution is 7.91. The highest BCUT2D eigenvalue weighted by Crippen LogP contribution is 2.28. The SMILES string of the molecule is O=C1CCN(CC2CCS(=O)(=O)C2)C(C(F)(F)F)CN1. The Morgan fingerprint density at radius 1 is 1.35 bits per heavy atom. The van der Waals surface area contributed by atoms with E-state index in [1.807, 2.05) is 0 Å². The van der Waals surface area contributed by atoms with Gasteiger partial charge in [-0.1, -0.05) is 0 Å². The van der Waals surface area contributed by atoms with Crippen LogP contribution in [-0.4, -0.2) is 62.6 Å². The third kappa shape index (κ3) is 3.85. The van der Waals surface area contributed by atoms with Crippen molar-refractivity contribution in [3.63, 3.8) is 0 Å². The summed E-state index contributed by atoms with van der Waals surface area (Å²) < 4.78 is 61.8. The lowest BCUT2D eigenvalue weighted by molar-refractivity contribution is -0.182. The fourth-order valence-electron chi connectivity index (χ4n) is 2.72. The first-order valence-corrected chi connectivity index (χ1v) is 8.27. The van der Waals surface area contributed by atoms with Gasteiger partial charge in [0.05, 0.1) is 11.5 Å². The Balaban J connectivity index is 2.07. The van der Waals surface area contributed by atoms with E-state index in [1.54, 1.807) is 0 Å². The molecule has 0 aromatic carbocycles. The molecule has 1 amide bonds. The molecule has 1 N–H and O–H groups in total. The molecular weight excluding hydrogens is 297 g/mol. The van der Waals surface area contributed by atoms with Gasteiger partial charge in [0.25, 0.3) is 0 Å². The molecule has 0 bridgehead atoms. The minimum absolute atomic E-state index is 0.00600. The number of alkyl halides is 3. The second-order valence-corrected chi connectivity index (χ2v) is 7.60. The van der Waals surface area contributed by atoms with E-state index in [1.165, 1.54) is 4.90 Å². The zero-order valence-corrected chi connectivity index (χ0v) is 11.6. The highest BCUT2D eigenvalue weighted by atomic mass is 32.2. The van der Waals surface area contributed by atoms with Crippen molar-refractivity contribution in [2.24, 2.45) is 5.92 Å². The summed E-state index contributed by atoms with van der Waals surface area (Å²) >= 11 is 0. The first-order valence-electron chi connectivity index (χ1n) is 6.45. The van der Waals surface area contributed by atoms with Crippen molar-refractivity contribution in [3.05, 3.63) is 0 Å². The minimum Gasteiger partial charge on any atom is -0.354 e. The van der Waals surface area contributed by atoms with Crippen molar-refractivity contribution in [2.45, 2.75) is 25.1 Å². The third-order valence-corrected chi connectivity index (χ3v) is 5.59. The van der Waals surface area contributed by atoms with Crippen LogP contribution in [0.2, 0.25) is 0 Å². The number of hydrogen-bond donors (Lipinski definition) is 1. The molecule has 0 aromatic heterocycles. The van der Waals surface area contributed by atoms with Crippen molar-refractivity contribution in [1.29, 1.82) is 0 Å². The van der Waals surface area contributed by atoms with E-state index in [0.717, 1.165) is 0 Å². The van der Waals surface area contributed by atoms with Gasteiger partial charge in [-0.2, -0.15) is 13.2 Å². The van der Waals surface area contributed by atoms with Crippen molar-refractivity contribution in [1.82, 2.24) is 10.2 Å². The zero-order chi connectivity index (χ0) is 15.0. The Morgan fingerprint density at radius 3 is 2.60 bits per heavy atom. The number of nitrogens with one attached hydrogen (secondary N) is 1. The molecule has 2 aliphatic heterocycles. The Labute approximate surface area is 115 Å². The van der Waals surface area contributed by atoms with Gasteiger partial charge in [-0.3, -0.25) is 9.69 Å². The number of hydrogen-bond acceptors (Lipinski definition) is 4. The Kier molecular flexibility index (Phi) is 4.29. The lowest BCUT2D eigenvalue weighted by atomic mass is 10.1. The predicted molar refractivity (Wildman–Crippen MR) is 65.8 cm³/mol. The van der Waals surface area contributed by atoms with E-state index in [-0.39, 0.29) is 36.9 Å². The van der Waals surface area contributed by atoms with E-state index in [2.05, 4.69) is 5.32 Å². The number of carbonyl (C=O) groups excluding carboxylic acids is 1. The molecule has 116 valence electrons. The van der Waals surface area contributed by atoms with E-state index < -0.39 is 34.5 Å². The summed E-state index contributed by atoms with van der Waals surface area (Å²) in [5, 5.41) is 2.25. The number of sulfone groups is 1. The lowest BCUT2D eigenvalue weighted by Gasteiger charge is -2.32. The largest absolute Gasteiger partial charge is 0.405 e. The van der Waals surface area contributed by atoms with Crippen LogP contribution in [0.1, 0.15) is 12.8 Å². The molecule has 2 fully saturated rings. The lowest BCUT2D eigenvalue weighted by Crippen LogP contribution is -2.51. The molecule has 20 heavy (non-hydrogen) atoms. The normalized spacial score (nSPS) is 31.9. The third-order valence-electron chi connectivity index (χ3n) is 3.76. The molecule has 0 spiro atoms. The van der Waals surface area contributed by atoms with Crippen LogP contribution in [0.25, 0.3) is 0 Å². The van der Waals surface area contributed by atoms with Crippen LogP contribution < -0.4 is 5.32 Å². The van der Waals surface area contributed by atoms with Gasteiger partial charge >= 0.3 is 6.18 Å². The maximum atomic E-state index is 13.0. The van der Waals surface area contributed by atoms with Gasteiger partial charge in [0.2, 0.25) is 5.91 Å². The van der Waals surface area contributed by atoms with Crippen molar-refractivity contribution in [2.75, 3.05) is 31.1 Å². The zero-order valence-electron chi connectivity index (χ0n) is 10.8. The monoisotopic (exact) mass is 314 g/mol. The van der Waals surface area contributed by atoms with Gasteiger partial charge in [-0.05, 0) is 12.3 Å². The highest BCUT2D eigenvalue weighted by Gasteiger charge is 2.45. The predicted octanol–water partition coefficient (Wildman–Crippen LogP) is 0.174. The quantitative estimate of drug-likeness (QED) is 0.789. The molecule has 0 aromatic rings.